The van der Waals surface area contributed by atoms with Gasteiger partial charge in [-0.25, -0.2) is 0 Å². The molecule has 1 aromatic rings. The van der Waals surface area contributed by atoms with E-state index < -0.39 is 0 Å². The van der Waals surface area contributed by atoms with Gasteiger partial charge in [-0.3, -0.25) is 9.79 Å². The Morgan fingerprint density at radius 3 is 2.53 bits per heavy atom. The van der Waals surface area contributed by atoms with Gasteiger partial charge in [0, 0.05) is 24.0 Å². The number of carbonyl (C=O) groups is 1. The molecule has 0 heterocycles. The van der Waals surface area contributed by atoms with Crippen molar-refractivity contribution in [1.29, 1.82) is 0 Å². The Bertz CT molecular complexity index is 471. The van der Waals surface area contributed by atoms with Crippen LogP contribution in [0, 0.1) is 0 Å². The first-order valence-electron chi connectivity index (χ1n) is 5.31. The lowest BCUT2D eigenvalue weighted by atomic mass is 10.0. The Labute approximate surface area is 101 Å². The molecule has 3 N–H and O–H groups in total. The van der Waals surface area contributed by atoms with E-state index >= 15 is 0 Å². The van der Waals surface area contributed by atoms with Gasteiger partial charge in [0.2, 0.25) is 6.41 Å². The number of nitrogens with zero attached hydrogens (tertiary/aromatic N) is 1. The molecular formula is C13H17N3O. The Hall–Kier alpha value is -2.10. The van der Waals surface area contributed by atoms with E-state index in [-0.39, 0.29) is 0 Å². The van der Waals surface area contributed by atoms with Gasteiger partial charge in [0.05, 0.1) is 5.71 Å². The Kier molecular flexibility index (Phi) is 4.46. The molecule has 4 heteroatoms. The number of aliphatic imine (C=N–C) groups is 1. The molecule has 0 saturated heterocycles. The van der Waals surface area contributed by atoms with E-state index in [1.165, 1.54) is 0 Å². The minimum absolute atomic E-state index is 0.653. The fourth-order valence-corrected chi connectivity index (χ4v) is 1.56. The quantitative estimate of drug-likeness (QED) is 0.614. The molecule has 0 spiro atoms. The smallest absolute Gasteiger partial charge is 0.211 e. The van der Waals surface area contributed by atoms with Crippen molar-refractivity contribution in [2.24, 2.45) is 10.7 Å². The summed E-state index contributed by atoms with van der Waals surface area (Å²) in [7, 11) is 1.71. The monoisotopic (exact) mass is 231 g/mol. The highest BCUT2D eigenvalue weighted by atomic mass is 16.1. The number of para-hydroxylation sites is 1. The van der Waals surface area contributed by atoms with Crippen molar-refractivity contribution >= 4 is 17.8 Å². The maximum atomic E-state index is 10.6. The zero-order valence-corrected chi connectivity index (χ0v) is 10.3. The Morgan fingerprint density at radius 1 is 1.35 bits per heavy atom. The summed E-state index contributed by atoms with van der Waals surface area (Å²) in [5, 5.41) is 2.66. The maximum absolute atomic E-state index is 10.6. The largest absolute Gasteiger partial charge is 0.402 e. The number of hydrogen-bond acceptors (Lipinski definition) is 3. The molecule has 0 aliphatic carbocycles. The maximum Gasteiger partial charge on any atom is 0.211 e. The Balaban J connectivity index is 3.31. The fourth-order valence-electron chi connectivity index (χ4n) is 1.56. The summed E-state index contributed by atoms with van der Waals surface area (Å²) in [6, 6.07) is 7.49. The summed E-state index contributed by atoms with van der Waals surface area (Å²) >= 11 is 0. The van der Waals surface area contributed by atoms with E-state index in [1.54, 1.807) is 7.05 Å². The second-order valence-electron chi connectivity index (χ2n) is 3.69. The van der Waals surface area contributed by atoms with Crippen molar-refractivity contribution < 1.29 is 4.79 Å². The Morgan fingerprint density at radius 2 is 2.00 bits per heavy atom. The molecule has 0 saturated carbocycles. The van der Waals surface area contributed by atoms with Gasteiger partial charge in [-0.15, -0.1) is 0 Å². The molecule has 0 fully saturated rings. The molecule has 1 aromatic carbocycles. The van der Waals surface area contributed by atoms with Crippen LogP contribution in [-0.2, 0) is 4.79 Å². The highest BCUT2D eigenvalue weighted by molar-refractivity contribution is 6.16. The van der Waals surface area contributed by atoms with Crippen LogP contribution in [0.5, 0.6) is 0 Å². The molecule has 0 radical (unpaired) electrons. The van der Waals surface area contributed by atoms with Crippen LogP contribution < -0.4 is 11.1 Å². The van der Waals surface area contributed by atoms with Gasteiger partial charge in [-0.2, -0.15) is 0 Å². The van der Waals surface area contributed by atoms with Crippen LogP contribution in [0.15, 0.2) is 40.5 Å². The van der Waals surface area contributed by atoms with E-state index in [4.69, 9.17) is 5.73 Å². The standard InChI is InChI=1S/C13H17N3O/c1-9(10(2)14)13(15-3)11-6-4-5-7-12(11)16-8-17/h4-8H,14H2,1-3H3,(H,16,17)/b10-9+,15-13?. The van der Waals surface area contributed by atoms with E-state index in [2.05, 4.69) is 10.3 Å². The molecular weight excluding hydrogens is 214 g/mol. The number of rotatable bonds is 4. The van der Waals surface area contributed by atoms with Crippen LogP contribution in [0.4, 0.5) is 5.69 Å². The first-order valence-corrected chi connectivity index (χ1v) is 5.31. The lowest BCUT2D eigenvalue weighted by Crippen LogP contribution is -2.11. The lowest BCUT2D eigenvalue weighted by Gasteiger charge is -2.12. The molecule has 17 heavy (non-hydrogen) atoms. The average Bonchev–Trinajstić information content (AvgIpc) is 2.32. The number of amides is 1. The van der Waals surface area contributed by atoms with Crippen LogP contribution in [0.2, 0.25) is 0 Å². The molecule has 0 aliphatic rings. The van der Waals surface area contributed by atoms with Gasteiger partial charge < -0.3 is 11.1 Å². The molecule has 0 aliphatic heterocycles. The van der Waals surface area contributed by atoms with Crippen LogP contribution in [0.1, 0.15) is 19.4 Å². The minimum Gasteiger partial charge on any atom is -0.402 e. The third-order valence-electron chi connectivity index (χ3n) is 2.57. The molecule has 0 unspecified atom stereocenters. The summed E-state index contributed by atoms with van der Waals surface area (Å²) in [4.78, 5) is 14.8. The summed E-state index contributed by atoms with van der Waals surface area (Å²) in [6.07, 6.45) is 0.653. The zero-order valence-electron chi connectivity index (χ0n) is 10.3. The summed E-state index contributed by atoms with van der Waals surface area (Å²) in [5.41, 5.74) is 9.78. The van der Waals surface area contributed by atoms with Gasteiger partial charge in [-0.05, 0) is 25.5 Å². The molecule has 1 rings (SSSR count). The number of hydrogen-bond donors (Lipinski definition) is 2. The van der Waals surface area contributed by atoms with Gasteiger partial charge in [0.1, 0.15) is 0 Å². The first kappa shape index (κ1) is 13.0. The van der Waals surface area contributed by atoms with Crippen LogP contribution in [-0.4, -0.2) is 19.2 Å². The van der Waals surface area contributed by atoms with E-state index in [9.17, 15) is 4.79 Å². The van der Waals surface area contributed by atoms with E-state index in [0.717, 1.165) is 22.5 Å². The second-order valence-corrected chi connectivity index (χ2v) is 3.69. The molecule has 0 atom stereocenters. The second kappa shape index (κ2) is 5.84. The fraction of sp³-hybridized carbons (Fsp3) is 0.231. The number of nitrogens with two attached hydrogens (primary N) is 1. The molecule has 0 aromatic heterocycles. The first-order chi connectivity index (χ1) is 8.11. The molecule has 4 nitrogen and oxygen atoms in total. The van der Waals surface area contributed by atoms with Crippen molar-refractivity contribution in [2.45, 2.75) is 13.8 Å². The molecule has 1 amide bonds. The highest BCUT2D eigenvalue weighted by Crippen LogP contribution is 2.19. The van der Waals surface area contributed by atoms with Crippen LogP contribution >= 0.6 is 0 Å². The normalized spacial score (nSPS) is 13.0. The predicted molar refractivity (Wildman–Crippen MR) is 71.2 cm³/mol. The summed E-state index contributed by atoms with van der Waals surface area (Å²) < 4.78 is 0. The number of nitrogens with one attached hydrogen (secondary N) is 1. The lowest BCUT2D eigenvalue weighted by molar-refractivity contribution is -0.105. The highest BCUT2D eigenvalue weighted by Gasteiger charge is 2.11. The van der Waals surface area contributed by atoms with Crippen molar-refractivity contribution in [3.8, 4) is 0 Å². The van der Waals surface area contributed by atoms with Crippen molar-refractivity contribution in [3.63, 3.8) is 0 Å². The third kappa shape index (κ3) is 2.93. The molecule has 0 bridgehead atoms. The van der Waals surface area contributed by atoms with Crippen LogP contribution in [0.3, 0.4) is 0 Å². The number of allylic oxidation sites excluding steroid dienone is 2. The van der Waals surface area contributed by atoms with Crippen molar-refractivity contribution in [1.82, 2.24) is 0 Å². The number of benzene rings is 1. The van der Waals surface area contributed by atoms with Crippen LogP contribution in [0.25, 0.3) is 0 Å². The van der Waals surface area contributed by atoms with Crippen molar-refractivity contribution in [3.05, 3.63) is 41.1 Å². The van der Waals surface area contributed by atoms with Crippen molar-refractivity contribution in [2.75, 3.05) is 12.4 Å². The summed E-state index contributed by atoms with van der Waals surface area (Å²) in [5.74, 6) is 0. The topological polar surface area (TPSA) is 67.5 Å². The zero-order chi connectivity index (χ0) is 12.8. The van der Waals surface area contributed by atoms with Gasteiger partial charge in [0.15, 0.2) is 0 Å². The van der Waals surface area contributed by atoms with Gasteiger partial charge in [-0.1, -0.05) is 18.2 Å². The van der Waals surface area contributed by atoms with E-state index in [1.807, 2.05) is 38.1 Å². The molecule has 90 valence electrons. The third-order valence-corrected chi connectivity index (χ3v) is 2.57. The SMILES string of the molecule is CN=C(/C(C)=C(\C)N)c1ccccc1NC=O. The van der Waals surface area contributed by atoms with Gasteiger partial charge >= 0.3 is 0 Å². The number of carbonyl (C=O) groups excluding carboxylic acids is 1. The minimum atomic E-state index is 0.653. The van der Waals surface area contributed by atoms with Gasteiger partial charge in [0.25, 0.3) is 0 Å². The predicted octanol–water partition coefficient (Wildman–Crippen LogP) is 1.93. The number of anilines is 1. The average molecular weight is 231 g/mol. The summed E-state index contributed by atoms with van der Waals surface area (Å²) in [6.45, 7) is 3.74. The van der Waals surface area contributed by atoms with E-state index in [0.29, 0.717) is 12.1 Å².